The molecular formula is C25H24FN3O4S. The number of oxazole rings is 1. The molecule has 5 rings (SSSR count). The van der Waals surface area contributed by atoms with Gasteiger partial charge in [-0.05, 0) is 80.0 Å². The molecule has 7 nitrogen and oxygen atoms in total. The van der Waals surface area contributed by atoms with E-state index in [-0.39, 0.29) is 22.3 Å². The summed E-state index contributed by atoms with van der Waals surface area (Å²) in [6.45, 7) is 3.60. The number of pyridine rings is 1. The normalized spacial score (nSPS) is 14.7. The van der Waals surface area contributed by atoms with Gasteiger partial charge in [0.2, 0.25) is 5.95 Å². The number of aromatic nitrogens is 2. The van der Waals surface area contributed by atoms with Crippen LogP contribution in [0.3, 0.4) is 0 Å². The Morgan fingerprint density at radius 1 is 1.12 bits per heavy atom. The number of aryl methyl sites for hydroxylation is 2. The molecule has 34 heavy (non-hydrogen) atoms. The Balaban J connectivity index is 1.58. The number of benzene rings is 2. The Morgan fingerprint density at radius 3 is 2.68 bits per heavy atom. The van der Waals surface area contributed by atoms with Gasteiger partial charge in [-0.3, -0.25) is 9.29 Å². The predicted molar refractivity (Wildman–Crippen MR) is 127 cm³/mol. The first-order chi connectivity index (χ1) is 16.2. The number of nitrogens with one attached hydrogen (secondary N) is 1. The molecule has 0 saturated carbocycles. The van der Waals surface area contributed by atoms with Gasteiger partial charge in [-0.15, -0.1) is 0 Å². The zero-order valence-corrected chi connectivity index (χ0v) is 19.7. The lowest BCUT2D eigenvalue weighted by atomic mass is 9.86. The molecule has 0 aliphatic heterocycles. The van der Waals surface area contributed by atoms with Gasteiger partial charge in [0.15, 0.2) is 5.58 Å². The van der Waals surface area contributed by atoms with Crippen LogP contribution in [-0.2, 0) is 22.9 Å². The van der Waals surface area contributed by atoms with Gasteiger partial charge in [0.1, 0.15) is 5.82 Å². The summed E-state index contributed by atoms with van der Waals surface area (Å²) in [5, 5.41) is 0. The van der Waals surface area contributed by atoms with Gasteiger partial charge in [0.05, 0.1) is 16.5 Å². The van der Waals surface area contributed by atoms with Crippen LogP contribution in [0.4, 0.5) is 10.2 Å². The van der Waals surface area contributed by atoms with Crippen molar-refractivity contribution >= 4 is 26.9 Å². The molecule has 2 heterocycles. The number of halogens is 1. The summed E-state index contributed by atoms with van der Waals surface area (Å²) in [5.41, 5.74) is 4.79. The highest BCUT2D eigenvalue weighted by Crippen LogP contribution is 2.32. The molecule has 9 heteroatoms. The average Bonchev–Trinajstić information content (AvgIpc) is 3.12. The second kappa shape index (κ2) is 8.39. The smallest absolute Gasteiger partial charge is 0.408 e. The van der Waals surface area contributed by atoms with Crippen molar-refractivity contribution in [2.45, 2.75) is 50.5 Å². The monoisotopic (exact) mass is 481 g/mol. The summed E-state index contributed by atoms with van der Waals surface area (Å²) in [6, 6.07) is 12.7. The fourth-order valence-electron chi connectivity index (χ4n) is 4.82. The van der Waals surface area contributed by atoms with Gasteiger partial charge in [-0.2, -0.15) is 4.39 Å². The van der Waals surface area contributed by atoms with Gasteiger partial charge in [-0.1, -0.05) is 24.3 Å². The molecule has 0 amide bonds. The standard InChI is InChI=1S/C25H24FN3O4S/c1-15-13-20-21(14-22(15)34(31,32)28-24-12-6-11-23(26)27-24)33-25(30)29(20)16(2)18-10-5-8-17-7-3-4-9-19(17)18/h5-6,8,10-14,16H,3-4,7,9H2,1-2H3,(H,27,28)/t16-/m1/s1. The molecule has 2 aromatic heterocycles. The number of nitrogens with zero attached hydrogens (tertiary/aromatic N) is 2. The highest BCUT2D eigenvalue weighted by Gasteiger charge is 2.25. The van der Waals surface area contributed by atoms with E-state index >= 15 is 0 Å². The molecule has 0 unspecified atom stereocenters. The second-order valence-electron chi connectivity index (χ2n) is 8.64. The summed E-state index contributed by atoms with van der Waals surface area (Å²) in [5.74, 6) is -1.49. The highest BCUT2D eigenvalue weighted by atomic mass is 32.2. The molecule has 0 radical (unpaired) electrons. The summed E-state index contributed by atoms with van der Waals surface area (Å²) in [4.78, 5) is 16.4. The van der Waals surface area contributed by atoms with E-state index in [1.54, 1.807) is 17.6 Å². The van der Waals surface area contributed by atoms with Gasteiger partial charge in [0, 0.05) is 6.07 Å². The SMILES string of the molecule is Cc1cc2c(cc1S(=O)(=O)Nc1cccc(F)n1)oc(=O)n2[C@H](C)c1cccc2c1CCCC2. The van der Waals surface area contributed by atoms with Crippen LogP contribution in [0.1, 0.15) is 48.1 Å². The van der Waals surface area contributed by atoms with Crippen LogP contribution in [0.2, 0.25) is 0 Å². The molecule has 0 saturated heterocycles. The predicted octanol–water partition coefficient (Wildman–Crippen LogP) is 4.73. The minimum absolute atomic E-state index is 0.0725. The van der Waals surface area contributed by atoms with E-state index in [1.165, 1.54) is 29.3 Å². The Hall–Kier alpha value is -3.46. The third-order valence-corrected chi connectivity index (χ3v) is 7.92. The van der Waals surface area contributed by atoms with Crippen LogP contribution in [-0.4, -0.2) is 18.0 Å². The molecule has 1 atom stereocenters. The fourth-order valence-corrected chi connectivity index (χ4v) is 6.07. The first-order valence-electron chi connectivity index (χ1n) is 11.2. The molecule has 1 aliphatic carbocycles. The van der Waals surface area contributed by atoms with Crippen molar-refractivity contribution in [1.82, 2.24) is 9.55 Å². The van der Waals surface area contributed by atoms with Crippen molar-refractivity contribution < 1.29 is 17.2 Å². The van der Waals surface area contributed by atoms with Gasteiger partial charge >= 0.3 is 5.76 Å². The lowest BCUT2D eigenvalue weighted by Gasteiger charge is -2.23. The first-order valence-corrected chi connectivity index (χ1v) is 12.6. The number of rotatable bonds is 5. The Kier molecular flexibility index (Phi) is 5.51. The lowest BCUT2D eigenvalue weighted by molar-refractivity contribution is 0.487. The van der Waals surface area contributed by atoms with E-state index in [0.29, 0.717) is 11.1 Å². The Bertz CT molecular complexity index is 1570. The summed E-state index contributed by atoms with van der Waals surface area (Å²) in [6.07, 6.45) is 4.28. The minimum Gasteiger partial charge on any atom is -0.408 e. The number of sulfonamides is 1. The van der Waals surface area contributed by atoms with Crippen molar-refractivity contribution in [2.75, 3.05) is 4.72 Å². The molecule has 0 spiro atoms. The average molecular weight is 482 g/mol. The van der Waals surface area contributed by atoms with Crippen molar-refractivity contribution in [3.05, 3.63) is 87.3 Å². The van der Waals surface area contributed by atoms with E-state index < -0.39 is 21.7 Å². The van der Waals surface area contributed by atoms with Gasteiger partial charge < -0.3 is 4.42 Å². The van der Waals surface area contributed by atoms with Crippen molar-refractivity contribution in [3.8, 4) is 0 Å². The molecule has 1 N–H and O–H groups in total. The fraction of sp³-hybridized carbons (Fsp3) is 0.280. The maximum Gasteiger partial charge on any atom is 0.420 e. The maximum absolute atomic E-state index is 13.4. The van der Waals surface area contributed by atoms with Crippen LogP contribution in [0.25, 0.3) is 11.1 Å². The van der Waals surface area contributed by atoms with Crippen molar-refractivity contribution in [2.24, 2.45) is 0 Å². The largest absolute Gasteiger partial charge is 0.420 e. The topological polar surface area (TPSA) is 94.2 Å². The zero-order valence-electron chi connectivity index (χ0n) is 18.8. The summed E-state index contributed by atoms with van der Waals surface area (Å²) >= 11 is 0. The highest BCUT2D eigenvalue weighted by molar-refractivity contribution is 7.92. The Morgan fingerprint density at radius 2 is 1.88 bits per heavy atom. The van der Waals surface area contributed by atoms with E-state index in [9.17, 15) is 17.6 Å². The molecule has 176 valence electrons. The van der Waals surface area contributed by atoms with Crippen molar-refractivity contribution in [1.29, 1.82) is 0 Å². The number of anilines is 1. The third-order valence-electron chi connectivity index (χ3n) is 6.42. The van der Waals surface area contributed by atoms with Crippen molar-refractivity contribution in [3.63, 3.8) is 0 Å². The van der Waals surface area contributed by atoms with Gasteiger partial charge in [0.25, 0.3) is 10.0 Å². The van der Waals surface area contributed by atoms with E-state index in [4.69, 9.17) is 4.42 Å². The minimum atomic E-state index is -4.09. The molecule has 4 aromatic rings. The quantitative estimate of drug-likeness (QED) is 0.416. The van der Waals surface area contributed by atoms with Crippen LogP contribution >= 0.6 is 0 Å². The van der Waals surface area contributed by atoms with Crippen LogP contribution in [0, 0.1) is 12.9 Å². The summed E-state index contributed by atoms with van der Waals surface area (Å²) in [7, 11) is -4.09. The van der Waals surface area contributed by atoms with Crippen LogP contribution in [0.15, 0.2) is 62.6 Å². The molecule has 0 fully saturated rings. The van der Waals surface area contributed by atoms with Gasteiger partial charge in [-0.25, -0.2) is 18.2 Å². The second-order valence-corrected chi connectivity index (χ2v) is 10.3. The third kappa shape index (κ3) is 3.90. The first kappa shape index (κ1) is 22.3. The maximum atomic E-state index is 13.4. The van der Waals surface area contributed by atoms with E-state index in [2.05, 4.69) is 15.8 Å². The van der Waals surface area contributed by atoms with E-state index in [0.717, 1.165) is 37.3 Å². The van der Waals surface area contributed by atoms with Crippen LogP contribution in [0.5, 0.6) is 0 Å². The lowest BCUT2D eigenvalue weighted by Crippen LogP contribution is -2.21. The zero-order chi connectivity index (χ0) is 24.0. The summed E-state index contributed by atoms with van der Waals surface area (Å²) < 4.78 is 48.7. The molecule has 2 aromatic carbocycles. The Labute approximate surface area is 196 Å². The van der Waals surface area contributed by atoms with E-state index in [1.807, 2.05) is 19.1 Å². The molecule has 1 aliphatic rings. The molecule has 0 bridgehead atoms. The number of fused-ring (bicyclic) bond motifs is 2. The number of hydrogen-bond acceptors (Lipinski definition) is 5. The molecular weight excluding hydrogens is 457 g/mol. The number of hydrogen-bond donors (Lipinski definition) is 1. The van der Waals surface area contributed by atoms with Crippen LogP contribution < -0.4 is 10.5 Å².